The third-order valence-corrected chi connectivity index (χ3v) is 5.76. The van der Waals surface area contributed by atoms with Crippen molar-refractivity contribution in [2.24, 2.45) is 0 Å². The number of benzene rings is 1. The summed E-state index contributed by atoms with van der Waals surface area (Å²) in [5, 5.41) is 0.451. The van der Waals surface area contributed by atoms with E-state index >= 15 is 0 Å². The molecule has 0 radical (unpaired) electrons. The van der Waals surface area contributed by atoms with Crippen LogP contribution in [0.25, 0.3) is 0 Å². The van der Waals surface area contributed by atoms with Crippen molar-refractivity contribution in [2.45, 2.75) is 55.5 Å². The van der Waals surface area contributed by atoms with Crippen LogP contribution < -0.4 is 5.73 Å². The number of thioether (sulfide) groups is 1. The summed E-state index contributed by atoms with van der Waals surface area (Å²) in [6.07, 6.45) is 1.06. The molecule has 2 nitrogen and oxygen atoms in total. The molecule has 0 spiro atoms. The molecule has 2 N–H and O–H groups in total. The zero-order valence-corrected chi connectivity index (χ0v) is 13.7. The minimum absolute atomic E-state index is 0.0402. The van der Waals surface area contributed by atoms with E-state index in [-0.39, 0.29) is 11.2 Å². The highest BCUT2D eigenvalue weighted by molar-refractivity contribution is 9.10. The molecule has 18 heavy (non-hydrogen) atoms. The molecule has 1 fully saturated rings. The second-order valence-electron chi connectivity index (χ2n) is 5.97. The first-order chi connectivity index (χ1) is 8.20. The van der Waals surface area contributed by atoms with Gasteiger partial charge in [0.25, 0.3) is 0 Å². The molecule has 1 aliphatic rings. The van der Waals surface area contributed by atoms with Crippen molar-refractivity contribution >= 4 is 33.4 Å². The molecule has 1 aliphatic heterocycles. The van der Waals surface area contributed by atoms with Gasteiger partial charge < -0.3 is 10.5 Å². The van der Waals surface area contributed by atoms with Crippen LogP contribution in [0.4, 0.5) is 5.69 Å². The summed E-state index contributed by atoms with van der Waals surface area (Å²) >= 11 is 5.45. The zero-order chi connectivity index (χ0) is 13.6. The molecule has 0 aromatic heterocycles. The topological polar surface area (TPSA) is 35.2 Å². The Kier molecular flexibility index (Phi) is 3.74. The molecular formula is C14H20BrNOS. The molecule has 4 heteroatoms. The highest BCUT2D eigenvalue weighted by atomic mass is 79.9. The van der Waals surface area contributed by atoms with Gasteiger partial charge in [-0.05, 0) is 68.2 Å². The first-order valence-corrected chi connectivity index (χ1v) is 7.79. The molecule has 1 aromatic rings. The van der Waals surface area contributed by atoms with Crippen molar-refractivity contribution in [2.75, 3.05) is 5.73 Å². The van der Waals surface area contributed by atoms with Crippen LogP contribution in [0.15, 0.2) is 27.6 Å². The van der Waals surface area contributed by atoms with Crippen LogP contribution in [0, 0.1) is 0 Å². The highest BCUT2D eigenvalue weighted by Crippen LogP contribution is 2.47. The van der Waals surface area contributed by atoms with E-state index in [0.29, 0.717) is 5.25 Å². The highest BCUT2D eigenvalue weighted by Gasteiger charge is 2.46. The van der Waals surface area contributed by atoms with E-state index in [1.807, 2.05) is 23.9 Å². The van der Waals surface area contributed by atoms with Gasteiger partial charge in [0, 0.05) is 20.3 Å². The SMILES string of the molecule is CC1(C)CC(Sc2ccc(N)cc2Br)C(C)(C)O1. The molecule has 2 rings (SSSR count). The van der Waals surface area contributed by atoms with E-state index in [1.165, 1.54) is 4.90 Å². The molecule has 0 amide bonds. The van der Waals surface area contributed by atoms with Crippen LogP contribution in [0.3, 0.4) is 0 Å². The van der Waals surface area contributed by atoms with Crippen molar-refractivity contribution < 1.29 is 4.74 Å². The molecule has 0 aliphatic carbocycles. The molecular weight excluding hydrogens is 310 g/mol. The standard InChI is InChI=1S/C14H20BrNOS/c1-13(2)8-12(14(3,4)17-13)18-11-6-5-9(16)7-10(11)15/h5-7,12H,8,16H2,1-4H3. The molecule has 0 saturated carbocycles. The van der Waals surface area contributed by atoms with E-state index in [9.17, 15) is 0 Å². The molecule has 1 atom stereocenters. The Balaban J connectivity index is 2.19. The molecule has 1 aromatic carbocycles. The maximum atomic E-state index is 6.12. The normalized spacial score (nSPS) is 25.3. The number of ether oxygens (including phenoxy) is 1. The Labute approximate surface area is 122 Å². The Bertz CT molecular complexity index is 459. The summed E-state index contributed by atoms with van der Waals surface area (Å²) in [5.41, 5.74) is 6.41. The minimum Gasteiger partial charge on any atom is -0.399 e. The number of nitrogen functional groups attached to an aromatic ring is 1. The fourth-order valence-electron chi connectivity index (χ4n) is 2.46. The number of nitrogens with two attached hydrogens (primary N) is 1. The molecule has 1 unspecified atom stereocenters. The summed E-state index contributed by atoms with van der Waals surface area (Å²) in [6.45, 7) is 8.66. The lowest BCUT2D eigenvalue weighted by atomic mass is 10.0. The van der Waals surface area contributed by atoms with Crippen molar-refractivity contribution in [1.82, 2.24) is 0 Å². The molecule has 100 valence electrons. The van der Waals surface area contributed by atoms with Crippen molar-refractivity contribution in [1.29, 1.82) is 0 Å². The number of hydrogen-bond acceptors (Lipinski definition) is 3. The quantitative estimate of drug-likeness (QED) is 0.813. The average Bonchev–Trinajstić information content (AvgIpc) is 2.39. The van der Waals surface area contributed by atoms with Gasteiger partial charge in [-0.25, -0.2) is 0 Å². The van der Waals surface area contributed by atoms with Gasteiger partial charge in [-0.2, -0.15) is 0 Å². The first kappa shape index (κ1) is 14.2. The predicted molar refractivity (Wildman–Crippen MR) is 82.1 cm³/mol. The van der Waals surface area contributed by atoms with Crippen LogP contribution >= 0.6 is 27.7 Å². The summed E-state index contributed by atoms with van der Waals surface area (Å²) in [7, 11) is 0. The Morgan fingerprint density at radius 2 is 2.00 bits per heavy atom. The number of rotatable bonds is 2. The second-order valence-corrected chi connectivity index (χ2v) is 8.06. The van der Waals surface area contributed by atoms with Crippen molar-refractivity contribution in [3.8, 4) is 0 Å². The minimum atomic E-state index is -0.102. The lowest BCUT2D eigenvalue weighted by Crippen LogP contribution is -2.30. The number of hydrogen-bond donors (Lipinski definition) is 1. The van der Waals surface area contributed by atoms with Crippen molar-refractivity contribution in [3.63, 3.8) is 0 Å². The van der Waals surface area contributed by atoms with Crippen LogP contribution in [-0.2, 0) is 4.74 Å². The van der Waals surface area contributed by atoms with Crippen LogP contribution in [0.1, 0.15) is 34.1 Å². The fourth-order valence-corrected chi connectivity index (χ4v) is 4.58. The summed E-state index contributed by atoms with van der Waals surface area (Å²) in [5.74, 6) is 0. The van der Waals surface area contributed by atoms with Gasteiger partial charge in [0.05, 0.1) is 11.2 Å². The number of halogens is 1. The monoisotopic (exact) mass is 329 g/mol. The smallest absolute Gasteiger partial charge is 0.0756 e. The molecule has 1 heterocycles. The van der Waals surface area contributed by atoms with Gasteiger partial charge in [-0.1, -0.05) is 0 Å². The van der Waals surface area contributed by atoms with Crippen molar-refractivity contribution in [3.05, 3.63) is 22.7 Å². The summed E-state index contributed by atoms with van der Waals surface area (Å²) < 4.78 is 7.19. The van der Waals surface area contributed by atoms with Gasteiger partial charge in [0.15, 0.2) is 0 Å². The fraction of sp³-hybridized carbons (Fsp3) is 0.571. The average molecular weight is 330 g/mol. The van der Waals surface area contributed by atoms with E-state index in [2.05, 4.69) is 49.7 Å². The predicted octanol–water partition coefficient (Wildman–Crippen LogP) is 4.47. The third kappa shape index (κ3) is 3.03. The van der Waals surface area contributed by atoms with Crippen LogP contribution in [-0.4, -0.2) is 16.5 Å². The van der Waals surface area contributed by atoms with Crippen LogP contribution in [0.5, 0.6) is 0 Å². The van der Waals surface area contributed by atoms with Gasteiger partial charge in [0.2, 0.25) is 0 Å². The van der Waals surface area contributed by atoms with Gasteiger partial charge in [0.1, 0.15) is 0 Å². The molecule has 1 saturated heterocycles. The van der Waals surface area contributed by atoms with Gasteiger partial charge >= 0.3 is 0 Å². The maximum Gasteiger partial charge on any atom is 0.0756 e. The third-order valence-electron chi connectivity index (χ3n) is 3.22. The van der Waals surface area contributed by atoms with Gasteiger partial charge in [-0.3, -0.25) is 0 Å². The zero-order valence-electron chi connectivity index (χ0n) is 11.3. The van der Waals surface area contributed by atoms with Crippen LogP contribution in [0.2, 0.25) is 0 Å². The van der Waals surface area contributed by atoms with Gasteiger partial charge in [-0.15, -0.1) is 11.8 Å². The lowest BCUT2D eigenvalue weighted by Gasteiger charge is -2.27. The lowest BCUT2D eigenvalue weighted by molar-refractivity contribution is -0.0631. The van der Waals surface area contributed by atoms with E-state index in [1.54, 1.807) is 0 Å². The Hall–Kier alpha value is -0.190. The van der Waals surface area contributed by atoms with E-state index in [0.717, 1.165) is 16.6 Å². The summed E-state index contributed by atoms with van der Waals surface area (Å²) in [4.78, 5) is 1.23. The second kappa shape index (κ2) is 4.73. The Morgan fingerprint density at radius 3 is 2.50 bits per heavy atom. The first-order valence-electron chi connectivity index (χ1n) is 6.11. The van der Waals surface area contributed by atoms with E-state index in [4.69, 9.17) is 10.5 Å². The number of anilines is 1. The largest absolute Gasteiger partial charge is 0.399 e. The maximum absolute atomic E-state index is 6.12. The molecule has 0 bridgehead atoms. The Morgan fingerprint density at radius 1 is 1.33 bits per heavy atom. The summed E-state index contributed by atoms with van der Waals surface area (Å²) in [6, 6.07) is 5.98. The van der Waals surface area contributed by atoms with E-state index < -0.39 is 0 Å².